The molecule has 0 N–H and O–H groups in total. The molecule has 2 rings (SSSR count). The zero-order chi connectivity index (χ0) is 22.8. The maximum Gasteiger partial charge on any atom is 0.410 e. The molecule has 2 amide bonds. The number of nitrogens with zero attached hydrogens (tertiary/aromatic N) is 2. The Kier molecular flexibility index (Phi) is 10.1. The summed E-state index contributed by atoms with van der Waals surface area (Å²) in [5.74, 6) is -0.0990. The first-order valence-corrected chi connectivity index (χ1v) is 11.0. The molecule has 1 aliphatic rings. The Hall–Kier alpha value is -2.31. The van der Waals surface area contributed by atoms with Gasteiger partial charge in [-0.2, -0.15) is 0 Å². The molecule has 31 heavy (non-hydrogen) atoms. The minimum atomic E-state index is -0.341. The molecule has 0 bridgehead atoms. The smallest absolute Gasteiger partial charge is 0.410 e. The van der Waals surface area contributed by atoms with E-state index in [-0.39, 0.29) is 30.6 Å². The Morgan fingerprint density at radius 2 is 1.81 bits per heavy atom. The predicted molar refractivity (Wildman–Crippen MR) is 122 cm³/mol. The third kappa shape index (κ3) is 7.71. The maximum atomic E-state index is 13.0. The Labute approximate surface area is 190 Å². The first kappa shape index (κ1) is 25.0. The number of rotatable bonds is 8. The number of hydrogen-bond acceptors (Lipinski definition) is 4. The molecule has 0 atom stereocenters. The standard InChI is InChI=1S/C24H33ClN2O4/c1-5-6-7-18(2)17-31-24(29)27(16-19-8-12-21(25)13-9-19)22-14-10-20(11-15-22)23(28)26(3)30-4/h5-9,12-13,20,22H,10-11,14-17H2,1-4H3/b6-5-,18-7+/t20-,22+. The van der Waals surface area contributed by atoms with Crippen molar-refractivity contribution in [1.82, 2.24) is 9.96 Å². The zero-order valence-corrected chi connectivity index (χ0v) is 19.6. The summed E-state index contributed by atoms with van der Waals surface area (Å²) >= 11 is 6.01. The van der Waals surface area contributed by atoms with Crippen molar-refractivity contribution in [2.24, 2.45) is 5.92 Å². The van der Waals surface area contributed by atoms with E-state index in [4.69, 9.17) is 21.2 Å². The van der Waals surface area contributed by atoms with Crippen molar-refractivity contribution >= 4 is 23.6 Å². The lowest BCUT2D eigenvalue weighted by atomic mass is 9.84. The van der Waals surface area contributed by atoms with Gasteiger partial charge in [0.05, 0.1) is 7.11 Å². The van der Waals surface area contributed by atoms with Crippen molar-refractivity contribution in [3.63, 3.8) is 0 Å². The van der Waals surface area contributed by atoms with E-state index in [0.717, 1.165) is 24.0 Å². The van der Waals surface area contributed by atoms with Crippen molar-refractivity contribution in [2.75, 3.05) is 20.8 Å². The molecule has 0 aromatic heterocycles. The lowest BCUT2D eigenvalue weighted by molar-refractivity contribution is -0.174. The van der Waals surface area contributed by atoms with Crippen LogP contribution in [0.1, 0.15) is 45.1 Å². The Balaban J connectivity index is 2.08. The van der Waals surface area contributed by atoms with Gasteiger partial charge in [0.2, 0.25) is 5.91 Å². The van der Waals surface area contributed by atoms with Crippen LogP contribution in [-0.4, -0.2) is 48.8 Å². The largest absolute Gasteiger partial charge is 0.445 e. The van der Waals surface area contributed by atoms with E-state index >= 15 is 0 Å². The van der Waals surface area contributed by atoms with Crippen LogP contribution in [0.4, 0.5) is 4.79 Å². The number of hydroxylamine groups is 2. The third-order valence-electron chi connectivity index (χ3n) is 5.57. The van der Waals surface area contributed by atoms with Crippen LogP contribution in [0.25, 0.3) is 0 Å². The monoisotopic (exact) mass is 448 g/mol. The summed E-state index contributed by atoms with van der Waals surface area (Å²) in [5, 5.41) is 1.94. The molecule has 1 saturated carbocycles. The molecule has 1 aliphatic carbocycles. The van der Waals surface area contributed by atoms with E-state index in [9.17, 15) is 9.59 Å². The fraction of sp³-hybridized carbons (Fsp3) is 0.500. The van der Waals surface area contributed by atoms with Gasteiger partial charge in [0, 0.05) is 30.6 Å². The van der Waals surface area contributed by atoms with Gasteiger partial charge in [-0.25, -0.2) is 9.86 Å². The number of hydrogen-bond donors (Lipinski definition) is 0. The quantitative estimate of drug-likeness (QED) is 0.395. The molecule has 1 fully saturated rings. The van der Waals surface area contributed by atoms with Crippen LogP contribution in [0.15, 0.2) is 48.1 Å². The first-order chi connectivity index (χ1) is 14.8. The van der Waals surface area contributed by atoms with E-state index < -0.39 is 0 Å². The van der Waals surface area contributed by atoms with Gasteiger partial charge in [0.1, 0.15) is 6.61 Å². The average Bonchev–Trinajstić information content (AvgIpc) is 2.79. The van der Waals surface area contributed by atoms with Gasteiger partial charge < -0.3 is 9.64 Å². The summed E-state index contributed by atoms with van der Waals surface area (Å²) in [6.07, 6.45) is 8.34. The highest BCUT2D eigenvalue weighted by atomic mass is 35.5. The van der Waals surface area contributed by atoms with Crippen molar-refractivity contribution in [3.8, 4) is 0 Å². The Morgan fingerprint density at radius 1 is 1.16 bits per heavy atom. The molecule has 0 saturated heterocycles. The van der Waals surface area contributed by atoms with Crippen molar-refractivity contribution in [3.05, 3.63) is 58.7 Å². The van der Waals surface area contributed by atoms with Crippen molar-refractivity contribution in [2.45, 2.75) is 52.1 Å². The molecular weight excluding hydrogens is 416 g/mol. The second-order valence-electron chi connectivity index (χ2n) is 7.87. The summed E-state index contributed by atoms with van der Waals surface area (Å²) in [5.41, 5.74) is 1.95. The first-order valence-electron chi connectivity index (χ1n) is 10.6. The normalized spacial score (nSPS) is 19.3. The predicted octanol–water partition coefficient (Wildman–Crippen LogP) is 5.38. The second-order valence-corrected chi connectivity index (χ2v) is 8.31. The summed E-state index contributed by atoms with van der Waals surface area (Å²) in [6, 6.07) is 7.49. The SMILES string of the molecule is C/C=C\C=C(/C)COC(=O)N(Cc1ccc(Cl)cc1)[C@H]1CC[C@@H](C(=O)N(C)OC)CC1. The molecule has 0 spiro atoms. The summed E-state index contributed by atoms with van der Waals surface area (Å²) in [4.78, 5) is 32.2. The highest BCUT2D eigenvalue weighted by Crippen LogP contribution is 2.30. The van der Waals surface area contributed by atoms with Gasteiger partial charge in [-0.15, -0.1) is 0 Å². The average molecular weight is 449 g/mol. The van der Waals surface area contributed by atoms with Gasteiger partial charge in [0.25, 0.3) is 0 Å². The minimum Gasteiger partial charge on any atom is -0.445 e. The fourth-order valence-electron chi connectivity index (χ4n) is 3.68. The van der Waals surface area contributed by atoms with Crippen LogP contribution >= 0.6 is 11.6 Å². The molecule has 6 nitrogen and oxygen atoms in total. The van der Waals surface area contributed by atoms with E-state index in [0.29, 0.717) is 24.4 Å². The third-order valence-corrected chi connectivity index (χ3v) is 5.82. The van der Waals surface area contributed by atoms with Crippen molar-refractivity contribution in [1.29, 1.82) is 0 Å². The minimum absolute atomic E-state index is 0.0138. The fourth-order valence-corrected chi connectivity index (χ4v) is 3.80. The molecule has 0 heterocycles. The number of carbonyl (C=O) groups is 2. The molecule has 0 radical (unpaired) electrons. The van der Waals surface area contributed by atoms with Crippen LogP contribution in [0.3, 0.4) is 0 Å². The number of ether oxygens (including phenoxy) is 1. The van der Waals surface area contributed by atoms with E-state index in [1.165, 1.54) is 12.2 Å². The van der Waals surface area contributed by atoms with Gasteiger partial charge in [-0.05, 0) is 62.8 Å². The van der Waals surface area contributed by atoms with Crippen LogP contribution < -0.4 is 0 Å². The highest BCUT2D eigenvalue weighted by Gasteiger charge is 2.33. The molecule has 0 aliphatic heterocycles. The van der Waals surface area contributed by atoms with E-state index in [1.54, 1.807) is 11.9 Å². The van der Waals surface area contributed by atoms with Crippen molar-refractivity contribution < 1.29 is 19.2 Å². The summed E-state index contributed by atoms with van der Waals surface area (Å²) in [7, 11) is 3.11. The molecule has 1 aromatic rings. The molecular formula is C24H33ClN2O4. The second kappa shape index (κ2) is 12.5. The summed E-state index contributed by atoms with van der Waals surface area (Å²) in [6.45, 7) is 4.55. The van der Waals surface area contributed by atoms with Crippen LogP contribution in [-0.2, 0) is 20.9 Å². The Bertz CT molecular complexity index is 783. The topological polar surface area (TPSA) is 59.1 Å². The zero-order valence-electron chi connectivity index (χ0n) is 18.8. The number of benzene rings is 1. The van der Waals surface area contributed by atoms with E-state index in [2.05, 4.69) is 0 Å². The highest BCUT2D eigenvalue weighted by molar-refractivity contribution is 6.30. The van der Waals surface area contributed by atoms with Gasteiger partial charge in [-0.1, -0.05) is 42.0 Å². The lowest BCUT2D eigenvalue weighted by Crippen LogP contribution is -2.44. The molecule has 170 valence electrons. The summed E-state index contributed by atoms with van der Waals surface area (Å²) < 4.78 is 5.61. The van der Waals surface area contributed by atoms with Crippen LogP contribution in [0, 0.1) is 5.92 Å². The number of amides is 2. The molecule has 1 aromatic carbocycles. The van der Waals surface area contributed by atoms with Gasteiger partial charge in [-0.3, -0.25) is 9.63 Å². The number of halogens is 1. The van der Waals surface area contributed by atoms with Crippen LogP contribution in [0.5, 0.6) is 0 Å². The molecule has 0 unspecified atom stereocenters. The molecule has 7 heteroatoms. The van der Waals surface area contributed by atoms with Gasteiger partial charge in [0.15, 0.2) is 0 Å². The maximum absolute atomic E-state index is 13.0. The Morgan fingerprint density at radius 3 is 2.39 bits per heavy atom. The lowest BCUT2D eigenvalue weighted by Gasteiger charge is -2.36. The number of allylic oxidation sites excluding steroid dienone is 3. The number of carbonyl (C=O) groups excluding carboxylic acids is 2. The van der Waals surface area contributed by atoms with E-state index in [1.807, 2.05) is 56.3 Å². The van der Waals surface area contributed by atoms with Crippen LogP contribution in [0.2, 0.25) is 5.02 Å². The van der Waals surface area contributed by atoms with Gasteiger partial charge >= 0.3 is 6.09 Å².